The number of epoxide rings is 1. The van der Waals surface area contributed by atoms with Gasteiger partial charge in [-0.1, -0.05) is 11.8 Å². The van der Waals surface area contributed by atoms with Gasteiger partial charge in [-0.2, -0.15) is 0 Å². The molecule has 2 aliphatic rings. The first-order valence-electron chi connectivity index (χ1n) is 2.81. The van der Waals surface area contributed by atoms with E-state index >= 15 is 0 Å². The molecule has 2 fully saturated rings. The van der Waals surface area contributed by atoms with Crippen molar-refractivity contribution in [1.29, 1.82) is 0 Å². The topological polar surface area (TPSA) is 21.8 Å². The van der Waals surface area contributed by atoms with Gasteiger partial charge in [0.05, 0.1) is 6.61 Å². The van der Waals surface area contributed by atoms with Gasteiger partial charge in [-0.15, -0.1) is 0 Å². The van der Waals surface area contributed by atoms with Crippen molar-refractivity contribution >= 4 is 28.4 Å². The van der Waals surface area contributed by atoms with Gasteiger partial charge < -0.3 is 9.47 Å². The second kappa shape index (κ2) is 2.11. The summed E-state index contributed by atoms with van der Waals surface area (Å²) in [5.74, 6) is 0.976. The summed E-state index contributed by atoms with van der Waals surface area (Å²) >= 11 is 6.43. The lowest BCUT2D eigenvalue weighted by molar-refractivity contribution is 0.187. The Hall–Kier alpha value is 0.200. The normalized spacial score (nSPS) is 40.7. The summed E-state index contributed by atoms with van der Waals surface area (Å²) in [6, 6.07) is 0. The van der Waals surface area contributed by atoms with Crippen molar-refractivity contribution in [1.82, 2.24) is 0 Å². The van der Waals surface area contributed by atoms with Gasteiger partial charge in [0.25, 0.3) is 0 Å². The molecule has 0 aromatic carbocycles. The van der Waals surface area contributed by atoms with Crippen molar-refractivity contribution in [2.45, 2.75) is 12.2 Å². The molecule has 0 aliphatic carbocycles. The highest BCUT2D eigenvalue weighted by Crippen LogP contribution is 2.28. The Labute approximate surface area is 62.9 Å². The minimum Gasteiger partial charge on any atom is -0.471 e. The Morgan fingerprint density at radius 2 is 2.33 bits per heavy atom. The molecule has 2 rings (SSSR count). The van der Waals surface area contributed by atoms with Gasteiger partial charge in [0.1, 0.15) is 12.2 Å². The number of thiocarbonyl (C=S) groups is 1. The van der Waals surface area contributed by atoms with E-state index in [0.29, 0.717) is 10.5 Å². The van der Waals surface area contributed by atoms with E-state index in [-0.39, 0.29) is 6.10 Å². The Bertz CT molecular complexity index is 144. The molecule has 0 spiro atoms. The highest BCUT2D eigenvalue weighted by molar-refractivity contribution is 8.22. The van der Waals surface area contributed by atoms with Crippen molar-refractivity contribution in [2.75, 3.05) is 12.4 Å². The Kier molecular flexibility index (Phi) is 1.39. The fourth-order valence-corrected chi connectivity index (χ4v) is 1.90. The zero-order valence-electron chi connectivity index (χ0n) is 4.70. The number of ether oxygens (including phenoxy) is 2. The third-order valence-electron chi connectivity index (χ3n) is 1.39. The average molecular weight is 162 g/mol. The molecular formula is C5H6O2S2. The van der Waals surface area contributed by atoms with Crippen molar-refractivity contribution in [3.05, 3.63) is 0 Å². The van der Waals surface area contributed by atoms with E-state index in [1.54, 1.807) is 11.8 Å². The molecule has 0 radical (unpaired) electrons. The second-order valence-corrected chi connectivity index (χ2v) is 3.71. The van der Waals surface area contributed by atoms with Crippen LogP contribution in [0.2, 0.25) is 0 Å². The largest absolute Gasteiger partial charge is 0.471 e. The van der Waals surface area contributed by atoms with Crippen LogP contribution in [0, 0.1) is 0 Å². The monoisotopic (exact) mass is 162 g/mol. The van der Waals surface area contributed by atoms with Gasteiger partial charge in [-0.25, -0.2) is 0 Å². The molecule has 2 atom stereocenters. The standard InChI is InChI=1S/C5H6O2S2/c8-5-7-4(2-9-5)3-1-6-3/h3-4H,1-2H2. The summed E-state index contributed by atoms with van der Waals surface area (Å²) in [5, 5.41) is 0. The summed E-state index contributed by atoms with van der Waals surface area (Å²) in [6.07, 6.45) is 0.598. The molecular weight excluding hydrogens is 156 g/mol. The number of rotatable bonds is 1. The van der Waals surface area contributed by atoms with Crippen LogP contribution in [0.15, 0.2) is 0 Å². The van der Waals surface area contributed by atoms with E-state index in [1.165, 1.54) is 0 Å². The third kappa shape index (κ3) is 1.20. The van der Waals surface area contributed by atoms with Crippen LogP contribution < -0.4 is 0 Å². The van der Waals surface area contributed by atoms with Gasteiger partial charge in [-0.05, 0) is 12.2 Å². The van der Waals surface area contributed by atoms with Gasteiger partial charge in [-0.3, -0.25) is 0 Å². The lowest BCUT2D eigenvalue weighted by atomic mass is 10.3. The maximum atomic E-state index is 5.25. The summed E-state index contributed by atoms with van der Waals surface area (Å²) in [5.41, 5.74) is 0. The van der Waals surface area contributed by atoms with E-state index in [2.05, 4.69) is 0 Å². The first-order chi connectivity index (χ1) is 4.36. The molecule has 0 aromatic rings. The highest BCUT2D eigenvalue weighted by atomic mass is 32.2. The molecule has 9 heavy (non-hydrogen) atoms. The predicted molar refractivity (Wildman–Crippen MR) is 39.7 cm³/mol. The quantitative estimate of drug-likeness (QED) is 0.420. The molecule has 2 saturated heterocycles. The fraction of sp³-hybridized carbons (Fsp3) is 0.800. The van der Waals surface area contributed by atoms with Crippen molar-refractivity contribution in [3.63, 3.8) is 0 Å². The Balaban J connectivity index is 1.92. The maximum Gasteiger partial charge on any atom is 0.220 e. The van der Waals surface area contributed by atoms with E-state index in [0.717, 1.165) is 12.4 Å². The van der Waals surface area contributed by atoms with E-state index in [1.807, 2.05) is 0 Å². The molecule has 2 heterocycles. The van der Waals surface area contributed by atoms with E-state index in [9.17, 15) is 0 Å². The molecule has 0 N–H and O–H groups in total. The zero-order chi connectivity index (χ0) is 6.27. The molecule has 2 nitrogen and oxygen atoms in total. The zero-order valence-corrected chi connectivity index (χ0v) is 6.33. The Morgan fingerprint density at radius 3 is 2.78 bits per heavy atom. The van der Waals surface area contributed by atoms with Crippen molar-refractivity contribution in [3.8, 4) is 0 Å². The fourth-order valence-electron chi connectivity index (χ4n) is 0.795. The molecule has 0 bridgehead atoms. The van der Waals surface area contributed by atoms with Crippen LogP contribution in [0.1, 0.15) is 0 Å². The van der Waals surface area contributed by atoms with Crippen LogP contribution in [0.25, 0.3) is 0 Å². The van der Waals surface area contributed by atoms with Crippen molar-refractivity contribution in [2.24, 2.45) is 0 Å². The predicted octanol–water partition coefficient (Wildman–Crippen LogP) is 0.802. The summed E-state index contributed by atoms with van der Waals surface area (Å²) < 4.78 is 11.0. The number of thioether (sulfide) groups is 1. The van der Waals surface area contributed by atoms with Crippen LogP contribution in [0.4, 0.5) is 0 Å². The van der Waals surface area contributed by atoms with Crippen LogP contribution in [0.3, 0.4) is 0 Å². The maximum absolute atomic E-state index is 5.25. The van der Waals surface area contributed by atoms with E-state index < -0.39 is 0 Å². The minimum atomic E-state index is 0.252. The molecule has 2 unspecified atom stereocenters. The number of hydrogen-bond donors (Lipinski definition) is 0. The van der Waals surface area contributed by atoms with Crippen LogP contribution in [0.5, 0.6) is 0 Å². The summed E-state index contributed by atoms with van der Waals surface area (Å²) in [6.45, 7) is 0.855. The smallest absolute Gasteiger partial charge is 0.220 e. The number of hydrogen-bond acceptors (Lipinski definition) is 4. The first-order valence-corrected chi connectivity index (χ1v) is 4.20. The molecule has 0 amide bonds. The average Bonchev–Trinajstić information content (AvgIpc) is 2.58. The van der Waals surface area contributed by atoms with E-state index in [4.69, 9.17) is 21.7 Å². The lowest BCUT2D eigenvalue weighted by Gasteiger charge is -2.01. The van der Waals surface area contributed by atoms with Crippen LogP contribution in [-0.4, -0.2) is 29.0 Å². The summed E-state index contributed by atoms with van der Waals surface area (Å²) in [4.78, 5) is 0. The van der Waals surface area contributed by atoms with Gasteiger partial charge >= 0.3 is 0 Å². The van der Waals surface area contributed by atoms with Gasteiger partial charge in [0.2, 0.25) is 4.38 Å². The molecule has 2 aliphatic heterocycles. The second-order valence-electron chi connectivity index (χ2n) is 2.09. The Morgan fingerprint density at radius 1 is 1.56 bits per heavy atom. The third-order valence-corrected chi connectivity index (χ3v) is 2.66. The van der Waals surface area contributed by atoms with Crippen LogP contribution in [-0.2, 0) is 9.47 Å². The summed E-state index contributed by atoms with van der Waals surface area (Å²) in [7, 11) is 0. The molecule has 0 aromatic heterocycles. The first kappa shape index (κ1) is 5.95. The molecule has 50 valence electrons. The highest BCUT2D eigenvalue weighted by Gasteiger charge is 2.38. The minimum absolute atomic E-state index is 0.252. The van der Waals surface area contributed by atoms with Crippen LogP contribution >= 0.6 is 24.0 Å². The molecule has 4 heteroatoms. The van der Waals surface area contributed by atoms with Gasteiger partial charge in [0, 0.05) is 5.75 Å². The van der Waals surface area contributed by atoms with Crippen molar-refractivity contribution < 1.29 is 9.47 Å². The molecule has 0 saturated carbocycles. The SMILES string of the molecule is S=C1OC(C2CO2)CS1. The lowest BCUT2D eigenvalue weighted by Crippen LogP contribution is -2.16. The van der Waals surface area contributed by atoms with Gasteiger partial charge in [0.15, 0.2) is 0 Å².